The summed E-state index contributed by atoms with van der Waals surface area (Å²) in [5.74, 6) is 1.61. The third-order valence-corrected chi connectivity index (χ3v) is 4.44. The van der Waals surface area contributed by atoms with Gasteiger partial charge in [0.15, 0.2) is 16.6 Å². The zero-order valence-electron chi connectivity index (χ0n) is 11.7. The van der Waals surface area contributed by atoms with Gasteiger partial charge in [-0.05, 0) is 6.07 Å². The summed E-state index contributed by atoms with van der Waals surface area (Å²) in [6, 6.07) is 5.64. The molecule has 0 saturated carbocycles. The fraction of sp³-hybridized carbons (Fsp3) is 0.286. The molecule has 21 heavy (non-hydrogen) atoms. The van der Waals surface area contributed by atoms with Crippen LogP contribution in [-0.4, -0.2) is 25.1 Å². The van der Waals surface area contributed by atoms with Crippen LogP contribution in [0.1, 0.15) is 22.8 Å². The molecule has 3 N–H and O–H groups in total. The number of hydrogen-bond acceptors (Lipinski definition) is 6. The lowest BCUT2D eigenvalue weighted by Gasteiger charge is -2.24. The standard InChI is InChI=1S/C14H15N3O3S/c1-19-9-5-3-4-7(11(9)20-2)8-6-10(18)16-13-12(8)21-14(15)17-13/h3-5,8H,6H2,1-2H3,(H2,15,17)(H,16,18)/t8-/m0/s1. The van der Waals surface area contributed by atoms with E-state index in [9.17, 15) is 4.79 Å². The number of thiazole rings is 1. The van der Waals surface area contributed by atoms with Gasteiger partial charge in [0, 0.05) is 17.9 Å². The monoisotopic (exact) mass is 305 g/mol. The maximum Gasteiger partial charge on any atom is 0.226 e. The lowest BCUT2D eigenvalue weighted by Crippen LogP contribution is -2.23. The largest absolute Gasteiger partial charge is 0.493 e. The smallest absolute Gasteiger partial charge is 0.226 e. The van der Waals surface area contributed by atoms with Crippen molar-refractivity contribution in [2.45, 2.75) is 12.3 Å². The van der Waals surface area contributed by atoms with Gasteiger partial charge >= 0.3 is 0 Å². The molecule has 2 aromatic rings. The predicted octanol–water partition coefficient (Wildman–Crippen LogP) is 2.22. The van der Waals surface area contributed by atoms with Gasteiger partial charge in [0.2, 0.25) is 5.91 Å². The summed E-state index contributed by atoms with van der Waals surface area (Å²) in [7, 11) is 3.18. The number of nitrogens with zero attached hydrogens (tertiary/aromatic N) is 1. The van der Waals surface area contributed by atoms with Gasteiger partial charge in [-0.2, -0.15) is 0 Å². The topological polar surface area (TPSA) is 86.5 Å². The number of nitrogen functional groups attached to an aromatic ring is 1. The fourth-order valence-corrected chi connectivity index (χ4v) is 3.48. The number of amides is 1. The van der Waals surface area contributed by atoms with Crippen LogP contribution in [0.5, 0.6) is 11.5 Å². The van der Waals surface area contributed by atoms with Crippen molar-refractivity contribution in [1.82, 2.24) is 4.98 Å². The summed E-state index contributed by atoms with van der Waals surface area (Å²) < 4.78 is 10.8. The Morgan fingerprint density at radius 2 is 2.19 bits per heavy atom. The van der Waals surface area contributed by atoms with Gasteiger partial charge in [0.1, 0.15) is 5.82 Å². The average Bonchev–Trinajstić information content (AvgIpc) is 2.85. The molecule has 7 heteroatoms. The van der Waals surface area contributed by atoms with Crippen molar-refractivity contribution in [2.24, 2.45) is 0 Å². The number of anilines is 2. The Labute approximate surface area is 125 Å². The second kappa shape index (κ2) is 5.25. The number of rotatable bonds is 3. The number of methoxy groups -OCH3 is 2. The second-order valence-electron chi connectivity index (χ2n) is 4.65. The Hall–Kier alpha value is -2.28. The van der Waals surface area contributed by atoms with Crippen LogP contribution in [0.25, 0.3) is 0 Å². The highest BCUT2D eigenvalue weighted by Gasteiger charge is 2.32. The first kappa shape index (κ1) is 13.7. The van der Waals surface area contributed by atoms with Gasteiger partial charge < -0.3 is 20.5 Å². The number of ether oxygens (including phenoxy) is 2. The molecule has 6 nitrogen and oxygen atoms in total. The average molecular weight is 305 g/mol. The number of aromatic nitrogens is 1. The van der Waals surface area contributed by atoms with Crippen LogP contribution in [0.3, 0.4) is 0 Å². The molecule has 1 atom stereocenters. The van der Waals surface area contributed by atoms with Crippen LogP contribution in [0.2, 0.25) is 0 Å². The number of benzene rings is 1. The van der Waals surface area contributed by atoms with Gasteiger partial charge in [0.05, 0.1) is 19.1 Å². The van der Waals surface area contributed by atoms with Gasteiger partial charge in [-0.15, -0.1) is 0 Å². The van der Waals surface area contributed by atoms with Crippen molar-refractivity contribution in [2.75, 3.05) is 25.3 Å². The van der Waals surface area contributed by atoms with E-state index in [4.69, 9.17) is 15.2 Å². The lowest BCUT2D eigenvalue weighted by molar-refractivity contribution is -0.116. The van der Waals surface area contributed by atoms with Crippen LogP contribution < -0.4 is 20.5 Å². The summed E-state index contributed by atoms with van der Waals surface area (Å²) in [5, 5.41) is 3.19. The zero-order chi connectivity index (χ0) is 15.0. The molecular weight excluding hydrogens is 290 g/mol. The van der Waals surface area contributed by atoms with E-state index in [1.165, 1.54) is 11.3 Å². The van der Waals surface area contributed by atoms with E-state index in [0.717, 1.165) is 10.4 Å². The first-order chi connectivity index (χ1) is 10.1. The molecule has 1 aliphatic heterocycles. The molecule has 0 unspecified atom stereocenters. The summed E-state index contributed by atoms with van der Waals surface area (Å²) >= 11 is 1.38. The van der Waals surface area contributed by atoms with Crippen molar-refractivity contribution < 1.29 is 14.3 Å². The number of carbonyl (C=O) groups is 1. The molecule has 0 fully saturated rings. The first-order valence-corrected chi connectivity index (χ1v) is 7.22. The second-order valence-corrected chi connectivity index (χ2v) is 5.71. The minimum absolute atomic E-state index is 0.0809. The van der Waals surface area contributed by atoms with Crippen LogP contribution in [0.4, 0.5) is 10.9 Å². The number of para-hydroxylation sites is 1. The van der Waals surface area contributed by atoms with Crippen molar-refractivity contribution in [3.63, 3.8) is 0 Å². The molecule has 0 bridgehead atoms. The number of nitrogens with one attached hydrogen (secondary N) is 1. The molecule has 0 aliphatic carbocycles. The van der Waals surface area contributed by atoms with Gasteiger partial charge in [0.25, 0.3) is 0 Å². The third kappa shape index (κ3) is 2.29. The summed E-state index contributed by atoms with van der Waals surface area (Å²) in [4.78, 5) is 17.0. The molecule has 1 aromatic carbocycles. The minimum atomic E-state index is -0.131. The van der Waals surface area contributed by atoms with E-state index in [1.54, 1.807) is 14.2 Å². The fourth-order valence-electron chi connectivity index (χ4n) is 2.57. The third-order valence-electron chi connectivity index (χ3n) is 3.44. The van der Waals surface area contributed by atoms with E-state index in [0.29, 0.717) is 28.9 Å². The molecule has 2 heterocycles. The molecule has 0 saturated heterocycles. The molecule has 0 spiro atoms. The van der Waals surface area contributed by atoms with Crippen LogP contribution in [0.15, 0.2) is 18.2 Å². The molecule has 1 aromatic heterocycles. The number of carbonyl (C=O) groups excluding carboxylic acids is 1. The highest BCUT2D eigenvalue weighted by molar-refractivity contribution is 7.16. The maximum atomic E-state index is 11.9. The van der Waals surface area contributed by atoms with Crippen molar-refractivity contribution in [1.29, 1.82) is 0 Å². The summed E-state index contributed by atoms with van der Waals surface area (Å²) in [6.07, 6.45) is 0.332. The van der Waals surface area contributed by atoms with Crippen molar-refractivity contribution >= 4 is 28.2 Å². The first-order valence-electron chi connectivity index (χ1n) is 6.41. The molecule has 3 rings (SSSR count). The Morgan fingerprint density at radius 1 is 1.38 bits per heavy atom. The van der Waals surface area contributed by atoms with E-state index in [-0.39, 0.29) is 11.8 Å². The molecule has 0 radical (unpaired) electrons. The summed E-state index contributed by atoms with van der Waals surface area (Å²) in [5.41, 5.74) is 6.67. The van der Waals surface area contributed by atoms with Crippen LogP contribution >= 0.6 is 11.3 Å². The van der Waals surface area contributed by atoms with Crippen LogP contribution in [-0.2, 0) is 4.79 Å². The summed E-state index contributed by atoms with van der Waals surface area (Å²) in [6.45, 7) is 0. The highest BCUT2D eigenvalue weighted by Crippen LogP contribution is 2.46. The van der Waals surface area contributed by atoms with E-state index < -0.39 is 0 Å². The highest BCUT2D eigenvalue weighted by atomic mass is 32.1. The van der Waals surface area contributed by atoms with Crippen LogP contribution in [0, 0.1) is 0 Å². The normalized spacial score (nSPS) is 17.0. The molecule has 110 valence electrons. The Morgan fingerprint density at radius 3 is 2.90 bits per heavy atom. The minimum Gasteiger partial charge on any atom is -0.493 e. The van der Waals surface area contributed by atoms with Gasteiger partial charge in [-0.3, -0.25) is 4.79 Å². The number of fused-ring (bicyclic) bond motifs is 1. The Kier molecular flexibility index (Phi) is 3.42. The van der Waals surface area contributed by atoms with Crippen molar-refractivity contribution in [3.05, 3.63) is 28.6 Å². The SMILES string of the molecule is COc1cccc([C@@H]2CC(=O)Nc3nc(N)sc32)c1OC. The van der Waals surface area contributed by atoms with E-state index in [1.807, 2.05) is 18.2 Å². The zero-order valence-corrected chi connectivity index (χ0v) is 12.5. The van der Waals surface area contributed by atoms with Crippen molar-refractivity contribution in [3.8, 4) is 11.5 Å². The molecule has 1 amide bonds. The van der Waals surface area contributed by atoms with E-state index >= 15 is 0 Å². The Balaban J connectivity index is 2.14. The van der Waals surface area contributed by atoms with Gasteiger partial charge in [-0.25, -0.2) is 4.98 Å². The van der Waals surface area contributed by atoms with E-state index in [2.05, 4.69) is 10.3 Å². The van der Waals surface area contributed by atoms with Gasteiger partial charge in [-0.1, -0.05) is 23.5 Å². The number of nitrogens with two attached hydrogens (primary N) is 1. The maximum absolute atomic E-state index is 11.9. The Bertz CT molecular complexity index is 699. The number of hydrogen-bond donors (Lipinski definition) is 2. The predicted molar refractivity (Wildman–Crippen MR) is 81.2 cm³/mol. The quantitative estimate of drug-likeness (QED) is 0.908. The molecular formula is C14H15N3O3S. The lowest BCUT2D eigenvalue weighted by atomic mass is 9.90. The molecule has 1 aliphatic rings.